The number of pyridine rings is 4. The topological polar surface area (TPSA) is 72.9 Å². The number of hydrogen-bond acceptors (Lipinski definition) is 2. The molecule has 13 rings (SSSR count). The van der Waals surface area contributed by atoms with Gasteiger partial charge in [0, 0.05) is 141 Å². The Morgan fingerprint density at radius 2 is 0.444 bits per heavy atom. The fraction of sp³-hybridized carbons (Fsp3) is 0. The average Bonchev–Trinajstić information content (AvgIpc) is 4.32. The molecule has 0 amide bonds. The van der Waals surface area contributed by atoms with Gasteiger partial charge in [-0.3, -0.25) is 0 Å². The molecule has 4 aromatic carbocycles. The van der Waals surface area contributed by atoms with Crippen molar-refractivity contribution in [3.05, 3.63) is 266 Å². The van der Waals surface area contributed by atoms with Crippen LogP contribution in [0.1, 0.15) is 22.8 Å². The zero-order valence-electron chi connectivity index (χ0n) is 39.1. The number of rotatable bonds is 8. The van der Waals surface area contributed by atoms with Crippen molar-refractivity contribution in [2.75, 3.05) is 0 Å². The van der Waals surface area contributed by atoms with Crippen molar-refractivity contribution in [1.29, 1.82) is 0 Å². The number of benzene rings is 4. The lowest BCUT2D eigenvalue weighted by atomic mass is 10.0. The van der Waals surface area contributed by atoms with E-state index in [4.69, 9.17) is 9.97 Å². The van der Waals surface area contributed by atoms with Crippen LogP contribution in [-0.4, -0.2) is 19.9 Å². The molecule has 11 aromatic rings. The van der Waals surface area contributed by atoms with Gasteiger partial charge in [0.15, 0.2) is 49.6 Å². The molecule has 0 saturated carbocycles. The maximum Gasteiger partial charge on any atom is 0.210 e. The maximum atomic E-state index is 5.57. The Hall–Kier alpha value is -9.92. The van der Waals surface area contributed by atoms with Crippen LogP contribution in [0.25, 0.3) is 114 Å². The fourth-order valence-electron chi connectivity index (χ4n) is 9.90. The fourth-order valence-corrected chi connectivity index (χ4v) is 9.90. The molecule has 7 aromatic heterocycles. The van der Waals surface area contributed by atoms with Gasteiger partial charge in [0.05, 0.1) is 22.8 Å². The van der Waals surface area contributed by atoms with E-state index in [9.17, 15) is 0 Å². The molecule has 0 fully saturated rings. The molecule has 2 aliphatic heterocycles. The molecular weight excluding hydrogens is 881 g/mol. The molecule has 0 unspecified atom stereocenters. The third-order valence-electron chi connectivity index (χ3n) is 13.4. The zero-order valence-corrected chi connectivity index (χ0v) is 39.1. The van der Waals surface area contributed by atoms with Gasteiger partial charge in [-0.2, -0.15) is 18.3 Å². The van der Waals surface area contributed by atoms with Gasteiger partial charge in [-0.05, 0) is 119 Å². The van der Waals surface area contributed by atoms with Crippen molar-refractivity contribution in [3.63, 3.8) is 0 Å². The summed E-state index contributed by atoms with van der Waals surface area (Å²) in [5, 5.41) is 0. The number of nitrogens with zero attached hydrogens (tertiary/aromatic N) is 6. The monoisotopic (exact) mass is 926 g/mol. The highest BCUT2D eigenvalue weighted by Crippen LogP contribution is 2.39. The molecule has 9 heterocycles. The number of H-pyrrole nitrogens is 2. The molecule has 0 atom stereocenters. The Morgan fingerprint density at radius 3 is 0.653 bits per heavy atom. The highest BCUT2D eigenvalue weighted by molar-refractivity contribution is 6.00. The van der Waals surface area contributed by atoms with E-state index < -0.39 is 0 Å². The number of fused-ring (bicyclic) bond motifs is 8. The minimum absolute atomic E-state index is 0.856. The van der Waals surface area contributed by atoms with E-state index in [-0.39, 0.29) is 0 Å². The van der Waals surface area contributed by atoms with Gasteiger partial charge in [-0.25, -0.2) is 9.97 Å². The molecule has 338 valence electrons. The highest BCUT2D eigenvalue weighted by Gasteiger charge is 2.21. The van der Waals surface area contributed by atoms with Gasteiger partial charge >= 0.3 is 0 Å². The average molecular weight is 927 g/mol. The summed E-state index contributed by atoms with van der Waals surface area (Å²) in [5.41, 5.74) is 19.6. The van der Waals surface area contributed by atoms with Crippen molar-refractivity contribution in [2.24, 2.45) is 0 Å². The standard InChI is InChI=1S/C64H46N8/c1-5-37-69(38-6-1)49-21-13-45(14-22-49)61-53-29-31-55(65-53)62(46-15-23-50(24-16-46)70-39-7-2-8-40-70)57-33-35-59(67-57)64(48-19-27-52(28-20-48)72-43-11-4-12-44-72)60-36-34-58(68-60)63(56-32-30-54(61)66-56)47-17-25-51(26-18-47)71-41-9-3-10-42-71/h1-44,65,68H/q+4. The van der Waals surface area contributed by atoms with Crippen molar-refractivity contribution < 1.29 is 18.3 Å². The van der Waals surface area contributed by atoms with Gasteiger partial charge in [0.1, 0.15) is 0 Å². The van der Waals surface area contributed by atoms with Gasteiger partial charge in [0.25, 0.3) is 0 Å². The van der Waals surface area contributed by atoms with Crippen LogP contribution < -0.4 is 18.3 Å². The summed E-state index contributed by atoms with van der Waals surface area (Å²) in [5.74, 6) is 0. The summed E-state index contributed by atoms with van der Waals surface area (Å²) >= 11 is 0. The lowest BCUT2D eigenvalue weighted by Gasteiger charge is -2.07. The van der Waals surface area contributed by atoms with E-state index in [0.717, 1.165) is 112 Å². The quantitative estimate of drug-likeness (QED) is 0.149. The zero-order chi connectivity index (χ0) is 47.8. The van der Waals surface area contributed by atoms with E-state index in [1.165, 1.54) is 0 Å². The highest BCUT2D eigenvalue weighted by atomic mass is 14.9. The number of aromatic amines is 2. The molecule has 8 heteroatoms. The second-order valence-electron chi connectivity index (χ2n) is 17.8. The third kappa shape index (κ3) is 7.98. The molecule has 0 radical (unpaired) electrons. The summed E-state index contributed by atoms with van der Waals surface area (Å²) in [4.78, 5) is 19.0. The first-order chi connectivity index (χ1) is 35.7. The van der Waals surface area contributed by atoms with Gasteiger partial charge in [0.2, 0.25) is 22.7 Å². The summed E-state index contributed by atoms with van der Waals surface area (Å²) < 4.78 is 8.49. The van der Waals surface area contributed by atoms with Crippen LogP contribution in [0.5, 0.6) is 0 Å². The van der Waals surface area contributed by atoms with Gasteiger partial charge in [-0.15, -0.1) is 0 Å². The SMILES string of the molecule is C1=Cc2nc1c(-c1ccc(-[n+]3ccccc3)cc1)c1ccc([nH]1)c(-c1ccc(-[n+]3ccccc3)cc1)c1nc(c(-c3ccc(-[n+]4ccccc4)cc3)c3ccc([nH]3)c2-c2ccc(-[n+]3ccccc3)cc2)C=C1. The van der Waals surface area contributed by atoms with Crippen LogP contribution in [0.2, 0.25) is 0 Å². The Kier molecular flexibility index (Phi) is 10.7. The van der Waals surface area contributed by atoms with E-state index in [2.05, 4.69) is 223 Å². The predicted octanol–water partition coefficient (Wildman–Crippen LogP) is 12.4. The van der Waals surface area contributed by atoms with Gasteiger partial charge in [-0.1, -0.05) is 24.3 Å². The lowest BCUT2D eigenvalue weighted by Crippen LogP contribution is -2.28. The molecule has 2 aliphatic rings. The second-order valence-corrected chi connectivity index (χ2v) is 17.8. The van der Waals surface area contributed by atoms with Crippen molar-refractivity contribution in [3.8, 4) is 67.3 Å². The van der Waals surface area contributed by atoms with Crippen molar-refractivity contribution in [1.82, 2.24) is 19.9 Å². The molecule has 72 heavy (non-hydrogen) atoms. The summed E-state index contributed by atoms with van der Waals surface area (Å²) in [6.45, 7) is 0. The maximum absolute atomic E-state index is 5.57. The minimum atomic E-state index is 0.856. The first-order valence-corrected chi connectivity index (χ1v) is 24.1. The Bertz CT molecular complexity index is 3490. The van der Waals surface area contributed by atoms with Crippen LogP contribution in [0.4, 0.5) is 0 Å². The number of nitrogens with one attached hydrogen (secondary N) is 2. The molecular formula is C64H46N8+4. The third-order valence-corrected chi connectivity index (χ3v) is 13.4. The molecule has 8 nitrogen and oxygen atoms in total. The Morgan fingerprint density at radius 1 is 0.236 bits per heavy atom. The normalized spacial score (nSPS) is 11.8. The first-order valence-electron chi connectivity index (χ1n) is 24.1. The van der Waals surface area contributed by atoms with E-state index >= 15 is 0 Å². The van der Waals surface area contributed by atoms with Crippen LogP contribution in [0.3, 0.4) is 0 Å². The number of aromatic nitrogens is 8. The molecule has 0 saturated heterocycles. The van der Waals surface area contributed by atoms with Gasteiger partial charge < -0.3 is 9.97 Å². The van der Waals surface area contributed by atoms with E-state index in [0.29, 0.717) is 0 Å². The van der Waals surface area contributed by atoms with Crippen molar-refractivity contribution in [2.45, 2.75) is 0 Å². The van der Waals surface area contributed by atoms with Crippen LogP contribution in [-0.2, 0) is 0 Å². The second kappa shape index (κ2) is 18.2. The molecule has 0 aliphatic carbocycles. The summed E-state index contributed by atoms with van der Waals surface area (Å²) in [6, 6.07) is 68.1. The lowest BCUT2D eigenvalue weighted by molar-refractivity contribution is -0.596. The molecule has 2 N–H and O–H groups in total. The van der Waals surface area contributed by atoms with Crippen LogP contribution >= 0.6 is 0 Å². The van der Waals surface area contributed by atoms with Crippen LogP contribution in [0, 0.1) is 0 Å². The Balaban J connectivity index is 1.09. The molecule has 0 spiro atoms. The Labute approximate surface area is 416 Å². The summed E-state index contributed by atoms with van der Waals surface area (Å²) in [6.07, 6.45) is 25.2. The van der Waals surface area contributed by atoms with E-state index in [1.54, 1.807) is 0 Å². The minimum Gasteiger partial charge on any atom is -0.354 e. The summed E-state index contributed by atoms with van der Waals surface area (Å²) in [7, 11) is 0. The largest absolute Gasteiger partial charge is 0.354 e. The number of hydrogen-bond donors (Lipinski definition) is 2. The van der Waals surface area contributed by atoms with E-state index in [1.807, 2.05) is 72.8 Å². The van der Waals surface area contributed by atoms with Crippen molar-refractivity contribution >= 4 is 46.4 Å². The predicted molar refractivity (Wildman–Crippen MR) is 287 cm³/mol. The molecule has 8 bridgehead atoms. The smallest absolute Gasteiger partial charge is 0.210 e. The van der Waals surface area contributed by atoms with Crippen LogP contribution in [0.15, 0.2) is 244 Å². The first kappa shape index (κ1) is 42.2.